The van der Waals surface area contributed by atoms with Crippen LogP contribution in [0, 0.1) is 0 Å². The van der Waals surface area contributed by atoms with Crippen LogP contribution in [0.5, 0.6) is 0 Å². The first-order valence-corrected chi connectivity index (χ1v) is 19.5. The van der Waals surface area contributed by atoms with Gasteiger partial charge in [-0.1, -0.05) is 164 Å². The summed E-state index contributed by atoms with van der Waals surface area (Å²) in [6.07, 6.45) is 0. The van der Waals surface area contributed by atoms with Crippen LogP contribution in [-0.4, -0.2) is 28.9 Å². The lowest BCUT2D eigenvalue weighted by Gasteiger charge is -2.13. The molecule has 0 unspecified atom stereocenters. The van der Waals surface area contributed by atoms with Crippen LogP contribution >= 0.6 is 0 Å². The fourth-order valence-electron chi connectivity index (χ4n) is 8.68. The molecule has 0 bridgehead atoms. The molecule has 4 heterocycles. The normalized spacial score (nSPS) is 11.8. The highest BCUT2D eigenvalue weighted by atomic mass is 15.2. The minimum atomic E-state index is 0.559. The summed E-state index contributed by atoms with van der Waals surface area (Å²) in [5.74, 6) is 1.77. The van der Waals surface area contributed by atoms with Gasteiger partial charge in [-0.3, -0.25) is 8.97 Å². The third-order valence-electron chi connectivity index (χ3n) is 11.4. The maximum Gasteiger partial charge on any atom is 0.238 e. The minimum Gasteiger partial charge on any atom is -0.292 e. The zero-order valence-corrected chi connectivity index (χ0v) is 31.2. The van der Waals surface area contributed by atoms with E-state index in [1.807, 2.05) is 12.1 Å². The molecule has 0 aliphatic carbocycles. The number of hydrogen-bond donors (Lipinski definition) is 0. The van der Waals surface area contributed by atoms with Gasteiger partial charge in [0.2, 0.25) is 5.95 Å². The second kappa shape index (κ2) is 12.8. The second-order valence-electron chi connectivity index (χ2n) is 14.7. The third kappa shape index (κ3) is 4.98. The highest BCUT2D eigenvalue weighted by Crippen LogP contribution is 2.42. The molecule has 58 heavy (non-hydrogen) atoms. The van der Waals surface area contributed by atoms with E-state index in [4.69, 9.17) is 19.9 Å². The molecule has 0 aliphatic heterocycles. The monoisotopic (exact) mass is 740 g/mol. The van der Waals surface area contributed by atoms with Gasteiger partial charge >= 0.3 is 0 Å². The summed E-state index contributed by atoms with van der Waals surface area (Å²) < 4.78 is 4.52. The number of para-hydroxylation sites is 3. The van der Waals surface area contributed by atoms with Gasteiger partial charge in [0.25, 0.3) is 0 Å². The Balaban J connectivity index is 1.13. The van der Waals surface area contributed by atoms with Crippen molar-refractivity contribution in [3.05, 3.63) is 194 Å². The van der Waals surface area contributed by atoms with Gasteiger partial charge in [0.15, 0.2) is 11.6 Å². The van der Waals surface area contributed by atoms with Crippen LogP contribution in [0.4, 0.5) is 0 Å². The summed E-state index contributed by atoms with van der Waals surface area (Å²) in [7, 11) is 0. The molecule has 12 aromatic rings. The van der Waals surface area contributed by atoms with Gasteiger partial charge in [-0.2, -0.15) is 9.97 Å². The van der Waals surface area contributed by atoms with Crippen LogP contribution in [0.2, 0.25) is 0 Å². The molecular weight excluding hydrogens is 709 g/mol. The number of hydrogen-bond acceptors (Lipinski definition) is 4. The van der Waals surface area contributed by atoms with E-state index in [-0.39, 0.29) is 0 Å². The number of nitrogens with zero attached hydrogens (tertiary/aromatic N) is 6. The van der Waals surface area contributed by atoms with Gasteiger partial charge in [-0.15, -0.1) is 0 Å². The van der Waals surface area contributed by atoms with E-state index in [2.05, 4.69) is 191 Å². The molecule has 0 fully saturated rings. The number of pyridine rings is 1. The molecule has 0 N–H and O–H groups in total. The molecule has 8 aromatic carbocycles. The van der Waals surface area contributed by atoms with Crippen molar-refractivity contribution < 1.29 is 0 Å². The Morgan fingerprint density at radius 2 is 0.759 bits per heavy atom. The van der Waals surface area contributed by atoms with Crippen molar-refractivity contribution >= 4 is 60.2 Å². The Kier molecular flexibility index (Phi) is 7.13. The molecule has 270 valence electrons. The first-order chi connectivity index (χ1) is 28.8. The van der Waals surface area contributed by atoms with Crippen LogP contribution in [-0.2, 0) is 0 Å². The summed E-state index contributed by atoms with van der Waals surface area (Å²) in [5.41, 5.74) is 12.6. The van der Waals surface area contributed by atoms with Crippen LogP contribution in [0.3, 0.4) is 0 Å². The molecule has 12 rings (SSSR count). The molecule has 0 amide bonds. The van der Waals surface area contributed by atoms with Crippen molar-refractivity contribution in [2.75, 3.05) is 0 Å². The maximum absolute atomic E-state index is 5.29. The van der Waals surface area contributed by atoms with Crippen molar-refractivity contribution in [1.29, 1.82) is 0 Å². The Labute approximate surface area is 333 Å². The molecule has 0 aliphatic rings. The quantitative estimate of drug-likeness (QED) is 0.165. The summed E-state index contributed by atoms with van der Waals surface area (Å²) in [6.45, 7) is 0. The van der Waals surface area contributed by atoms with Gasteiger partial charge in [0.05, 0.1) is 27.6 Å². The van der Waals surface area contributed by atoms with Gasteiger partial charge in [0, 0.05) is 32.7 Å². The third-order valence-corrected chi connectivity index (χ3v) is 11.4. The largest absolute Gasteiger partial charge is 0.292 e. The van der Waals surface area contributed by atoms with Gasteiger partial charge in [-0.25, -0.2) is 9.97 Å². The number of imidazole rings is 1. The highest BCUT2D eigenvalue weighted by molar-refractivity contribution is 6.29. The number of aromatic nitrogens is 6. The SMILES string of the molecule is c1ccc(-c2ccc(-c3nc(-c4ccc(-c5ccccc5)cc4)nc(-n4c5ccccc5c5c6c7ccccc7c7nc8ccccc8n7c6ccc54)n3)cc2)cc1. The standard InChI is InChI=1S/C52H32N6/c1-3-13-33(14-4-1)35-23-27-37(28-24-35)49-54-50(38-29-25-36(26-30-38)34-15-5-2-6-16-34)56-52(55-49)58-43-21-11-9-19-41(43)48-46(58)32-31-45-47(48)39-17-7-8-18-40(39)51-53-42-20-10-12-22-44(42)57(45)51/h1-32H. The van der Waals surface area contributed by atoms with Crippen molar-refractivity contribution in [3.8, 4) is 51.0 Å². The number of rotatable bonds is 5. The smallest absolute Gasteiger partial charge is 0.238 e. The summed E-state index contributed by atoms with van der Waals surface area (Å²) in [6, 6.07) is 67.9. The van der Waals surface area contributed by atoms with E-state index in [0.717, 1.165) is 88.2 Å². The Hall–Kier alpha value is -7.96. The first kappa shape index (κ1) is 32.3. The topological polar surface area (TPSA) is 60.9 Å². The predicted molar refractivity (Wildman–Crippen MR) is 237 cm³/mol. The predicted octanol–water partition coefficient (Wildman–Crippen LogP) is 12.7. The molecule has 0 radical (unpaired) electrons. The fourth-order valence-corrected chi connectivity index (χ4v) is 8.68. The van der Waals surface area contributed by atoms with E-state index >= 15 is 0 Å². The lowest BCUT2D eigenvalue weighted by molar-refractivity contribution is 0.953. The minimum absolute atomic E-state index is 0.559. The lowest BCUT2D eigenvalue weighted by atomic mass is 10.0. The molecule has 6 nitrogen and oxygen atoms in total. The van der Waals surface area contributed by atoms with Crippen molar-refractivity contribution in [2.45, 2.75) is 0 Å². The van der Waals surface area contributed by atoms with Crippen LogP contribution in [0.1, 0.15) is 0 Å². The van der Waals surface area contributed by atoms with Crippen molar-refractivity contribution in [3.63, 3.8) is 0 Å². The molecule has 6 heteroatoms. The van der Waals surface area contributed by atoms with Crippen LogP contribution in [0.15, 0.2) is 194 Å². The van der Waals surface area contributed by atoms with E-state index in [0.29, 0.717) is 17.6 Å². The van der Waals surface area contributed by atoms with Gasteiger partial charge in [0.1, 0.15) is 5.65 Å². The summed E-state index contributed by atoms with van der Waals surface area (Å²) in [5, 5.41) is 5.70. The molecule has 0 saturated carbocycles. The zero-order chi connectivity index (χ0) is 38.2. The molecule has 0 atom stereocenters. The van der Waals surface area contributed by atoms with Crippen LogP contribution < -0.4 is 0 Å². The fraction of sp³-hybridized carbons (Fsp3) is 0. The summed E-state index contributed by atoms with van der Waals surface area (Å²) >= 11 is 0. The zero-order valence-electron chi connectivity index (χ0n) is 31.2. The highest BCUT2D eigenvalue weighted by Gasteiger charge is 2.22. The average Bonchev–Trinajstić information content (AvgIpc) is 3.86. The maximum atomic E-state index is 5.29. The van der Waals surface area contributed by atoms with Crippen molar-refractivity contribution in [2.24, 2.45) is 0 Å². The Morgan fingerprint density at radius 1 is 0.293 bits per heavy atom. The van der Waals surface area contributed by atoms with E-state index in [1.165, 1.54) is 5.39 Å². The summed E-state index contributed by atoms with van der Waals surface area (Å²) in [4.78, 5) is 20.9. The van der Waals surface area contributed by atoms with E-state index < -0.39 is 0 Å². The van der Waals surface area contributed by atoms with E-state index in [1.54, 1.807) is 0 Å². The lowest BCUT2D eigenvalue weighted by Crippen LogP contribution is -2.06. The van der Waals surface area contributed by atoms with Gasteiger partial charge in [-0.05, 0) is 58.0 Å². The molecule has 4 aromatic heterocycles. The first-order valence-electron chi connectivity index (χ1n) is 19.5. The Morgan fingerprint density at radius 3 is 1.40 bits per heavy atom. The van der Waals surface area contributed by atoms with Crippen molar-refractivity contribution in [1.82, 2.24) is 28.9 Å². The number of benzene rings is 8. The second-order valence-corrected chi connectivity index (χ2v) is 14.7. The average molecular weight is 741 g/mol. The molecule has 0 saturated heterocycles. The molecule has 0 spiro atoms. The Bertz CT molecular complexity index is 3430. The molecular formula is C52H32N6. The van der Waals surface area contributed by atoms with E-state index in [9.17, 15) is 0 Å². The van der Waals surface area contributed by atoms with Crippen LogP contribution in [0.25, 0.3) is 111 Å². The van der Waals surface area contributed by atoms with Gasteiger partial charge < -0.3 is 0 Å². The number of fused-ring (bicyclic) bond motifs is 12.